The average Bonchev–Trinajstić information content (AvgIpc) is 2.18. The lowest BCUT2D eigenvalue weighted by molar-refractivity contribution is -0.760. The van der Waals surface area contributed by atoms with Gasteiger partial charge < -0.3 is 30.0 Å². The highest BCUT2D eigenvalue weighted by Crippen LogP contribution is 2.19. The SMILES string of the molecule is O=[N+]([O-])OC[C@H]1O[C@H](O)[C@H](O)[C@@H](O)[C@H]1O. The Kier molecular flexibility index (Phi) is 3.77. The second kappa shape index (κ2) is 4.68. The molecule has 0 aromatic carbocycles. The molecule has 1 heterocycles. The van der Waals surface area contributed by atoms with Crippen LogP contribution in [0.15, 0.2) is 0 Å². The van der Waals surface area contributed by atoms with E-state index in [9.17, 15) is 20.3 Å². The van der Waals surface area contributed by atoms with E-state index in [-0.39, 0.29) is 0 Å². The van der Waals surface area contributed by atoms with Crippen molar-refractivity contribution in [3.05, 3.63) is 10.1 Å². The van der Waals surface area contributed by atoms with Gasteiger partial charge in [0.2, 0.25) is 0 Å². The third kappa shape index (κ3) is 2.73. The van der Waals surface area contributed by atoms with Gasteiger partial charge in [0.15, 0.2) is 6.29 Å². The van der Waals surface area contributed by atoms with Crippen LogP contribution in [0.5, 0.6) is 0 Å². The summed E-state index contributed by atoms with van der Waals surface area (Å²) in [4.78, 5) is 13.8. The van der Waals surface area contributed by atoms with Crippen LogP contribution in [0.3, 0.4) is 0 Å². The molecule has 9 heteroatoms. The van der Waals surface area contributed by atoms with E-state index in [0.29, 0.717) is 0 Å². The third-order valence-corrected chi connectivity index (χ3v) is 2.03. The van der Waals surface area contributed by atoms with Gasteiger partial charge in [0, 0.05) is 0 Å². The zero-order valence-electron chi connectivity index (χ0n) is 7.46. The van der Waals surface area contributed by atoms with Crippen LogP contribution in [0, 0.1) is 10.1 Å². The van der Waals surface area contributed by atoms with E-state index in [0.717, 1.165) is 0 Å². The van der Waals surface area contributed by atoms with Crippen LogP contribution in [-0.2, 0) is 9.57 Å². The minimum Gasteiger partial charge on any atom is -0.388 e. The lowest BCUT2D eigenvalue weighted by atomic mass is 9.99. The summed E-state index contributed by atoms with van der Waals surface area (Å²) in [5.74, 6) is 0. The number of rotatable bonds is 3. The molecule has 0 unspecified atom stereocenters. The molecule has 0 aromatic rings. The molecule has 4 N–H and O–H groups in total. The molecule has 1 rings (SSSR count). The lowest BCUT2D eigenvalue weighted by Crippen LogP contribution is -2.58. The summed E-state index contributed by atoms with van der Waals surface area (Å²) < 4.78 is 4.60. The van der Waals surface area contributed by atoms with Gasteiger partial charge in [0.25, 0.3) is 5.09 Å². The quantitative estimate of drug-likeness (QED) is 0.294. The Labute approximate surface area is 83.6 Å². The van der Waals surface area contributed by atoms with Gasteiger partial charge in [-0.3, -0.25) is 0 Å². The predicted molar refractivity (Wildman–Crippen MR) is 41.8 cm³/mol. The summed E-state index contributed by atoms with van der Waals surface area (Å²) in [5.41, 5.74) is 0. The highest BCUT2D eigenvalue weighted by atomic mass is 17.0. The first-order chi connectivity index (χ1) is 6.93. The Morgan fingerprint density at radius 3 is 2.33 bits per heavy atom. The van der Waals surface area contributed by atoms with Crippen molar-refractivity contribution < 1.29 is 35.1 Å². The van der Waals surface area contributed by atoms with Crippen LogP contribution < -0.4 is 0 Å². The molecular formula is C6H11NO8. The van der Waals surface area contributed by atoms with Crippen molar-refractivity contribution in [1.82, 2.24) is 0 Å². The van der Waals surface area contributed by atoms with Gasteiger partial charge in [0.1, 0.15) is 31.0 Å². The molecule has 15 heavy (non-hydrogen) atoms. The molecule has 1 fully saturated rings. The van der Waals surface area contributed by atoms with E-state index in [2.05, 4.69) is 9.57 Å². The molecule has 0 spiro atoms. The zero-order chi connectivity index (χ0) is 11.6. The van der Waals surface area contributed by atoms with Crippen LogP contribution in [0.2, 0.25) is 0 Å². The summed E-state index contributed by atoms with van der Waals surface area (Å²) in [6, 6.07) is 0. The third-order valence-electron chi connectivity index (χ3n) is 2.03. The van der Waals surface area contributed by atoms with Gasteiger partial charge in [-0.1, -0.05) is 0 Å². The predicted octanol–water partition coefficient (Wildman–Crippen LogP) is -3.01. The largest absolute Gasteiger partial charge is 0.388 e. The van der Waals surface area contributed by atoms with Crippen LogP contribution in [-0.4, -0.2) is 62.8 Å². The molecule has 0 aliphatic carbocycles. The maximum Gasteiger partial charge on any atom is 0.294 e. The van der Waals surface area contributed by atoms with Gasteiger partial charge in [0.05, 0.1) is 0 Å². The lowest BCUT2D eigenvalue weighted by Gasteiger charge is -2.37. The van der Waals surface area contributed by atoms with E-state index in [1.54, 1.807) is 0 Å². The normalized spacial score (nSPS) is 41.2. The molecule has 0 amide bonds. The Morgan fingerprint density at radius 2 is 1.80 bits per heavy atom. The van der Waals surface area contributed by atoms with Gasteiger partial charge in [-0.2, -0.15) is 0 Å². The number of hydrogen-bond donors (Lipinski definition) is 4. The highest BCUT2D eigenvalue weighted by molar-refractivity contribution is 4.88. The first-order valence-electron chi connectivity index (χ1n) is 4.08. The molecule has 0 radical (unpaired) electrons. The minimum atomic E-state index is -1.72. The van der Waals surface area contributed by atoms with E-state index >= 15 is 0 Å². The second-order valence-corrected chi connectivity index (χ2v) is 3.06. The maximum atomic E-state index is 9.85. The average molecular weight is 225 g/mol. The molecule has 5 atom stereocenters. The molecule has 0 bridgehead atoms. The molecule has 0 saturated carbocycles. The Bertz CT molecular complexity index is 235. The molecule has 88 valence electrons. The van der Waals surface area contributed by atoms with Crippen molar-refractivity contribution in [2.24, 2.45) is 0 Å². The van der Waals surface area contributed by atoms with E-state index in [4.69, 9.17) is 10.2 Å². The first-order valence-corrected chi connectivity index (χ1v) is 4.08. The first kappa shape index (κ1) is 12.1. The van der Waals surface area contributed by atoms with E-state index in [1.165, 1.54) is 0 Å². The minimum absolute atomic E-state index is 0.644. The number of aliphatic hydroxyl groups is 4. The summed E-state index contributed by atoms with van der Waals surface area (Å²) >= 11 is 0. The molecular weight excluding hydrogens is 214 g/mol. The molecule has 0 aromatic heterocycles. The van der Waals surface area contributed by atoms with Gasteiger partial charge in [-0.05, 0) is 0 Å². The van der Waals surface area contributed by atoms with Crippen molar-refractivity contribution in [3.63, 3.8) is 0 Å². The van der Waals surface area contributed by atoms with Crippen molar-refractivity contribution in [2.45, 2.75) is 30.7 Å². The van der Waals surface area contributed by atoms with Gasteiger partial charge in [-0.25, -0.2) is 0 Å². The smallest absolute Gasteiger partial charge is 0.294 e. The van der Waals surface area contributed by atoms with Gasteiger partial charge in [-0.15, -0.1) is 10.1 Å². The van der Waals surface area contributed by atoms with Crippen molar-refractivity contribution in [3.8, 4) is 0 Å². The standard InChI is InChI=1S/C6H11NO8/c8-3-2(1-14-7(12)13)15-6(11)5(10)4(3)9/h2-6,8-11H,1H2/t2-,3+,4+,5-,6+/m1/s1. The van der Waals surface area contributed by atoms with Crippen LogP contribution in [0.1, 0.15) is 0 Å². The fourth-order valence-corrected chi connectivity index (χ4v) is 1.20. The molecule has 9 nitrogen and oxygen atoms in total. The monoisotopic (exact) mass is 225 g/mol. The Morgan fingerprint density at radius 1 is 1.20 bits per heavy atom. The maximum absolute atomic E-state index is 9.85. The molecule has 1 aliphatic rings. The van der Waals surface area contributed by atoms with Crippen molar-refractivity contribution in [2.75, 3.05) is 6.61 Å². The number of aliphatic hydroxyl groups excluding tert-OH is 4. The van der Waals surface area contributed by atoms with Crippen molar-refractivity contribution in [1.29, 1.82) is 0 Å². The number of hydrogen-bond acceptors (Lipinski definition) is 8. The zero-order valence-corrected chi connectivity index (χ0v) is 7.46. The molecule has 1 aliphatic heterocycles. The highest BCUT2D eigenvalue weighted by Gasteiger charge is 2.43. The number of ether oxygens (including phenoxy) is 1. The van der Waals surface area contributed by atoms with E-state index in [1.807, 2.05) is 0 Å². The topological polar surface area (TPSA) is 143 Å². The summed E-state index contributed by atoms with van der Waals surface area (Å²) in [6.07, 6.45) is -7.86. The summed E-state index contributed by atoms with van der Waals surface area (Å²) in [6.45, 7) is -0.644. The fourth-order valence-electron chi connectivity index (χ4n) is 1.20. The van der Waals surface area contributed by atoms with Gasteiger partial charge >= 0.3 is 0 Å². The molecule has 1 saturated heterocycles. The summed E-state index contributed by atoms with van der Waals surface area (Å²) in [7, 11) is 0. The van der Waals surface area contributed by atoms with E-state index < -0.39 is 42.4 Å². The number of nitrogens with zero attached hydrogens (tertiary/aromatic N) is 1. The Balaban J connectivity index is 2.54. The fraction of sp³-hybridized carbons (Fsp3) is 1.00. The Hall–Kier alpha value is -1.00. The second-order valence-electron chi connectivity index (χ2n) is 3.06. The summed E-state index contributed by atoms with van der Waals surface area (Å²) in [5, 5.41) is 45.3. The van der Waals surface area contributed by atoms with Crippen LogP contribution in [0.25, 0.3) is 0 Å². The van der Waals surface area contributed by atoms with Crippen LogP contribution in [0.4, 0.5) is 0 Å². The van der Waals surface area contributed by atoms with Crippen LogP contribution >= 0.6 is 0 Å². The van der Waals surface area contributed by atoms with Crippen molar-refractivity contribution >= 4 is 0 Å².